The zero-order valence-electron chi connectivity index (χ0n) is 21.5. The predicted molar refractivity (Wildman–Crippen MR) is 147 cm³/mol. The van der Waals surface area contributed by atoms with Crippen LogP contribution in [0.1, 0.15) is 41.1 Å². The van der Waals surface area contributed by atoms with Crippen molar-refractivity contribution < 1.29 is 14.3 Å². The van der Waals surface area contributed by atoms with Gasteiger partial charge in [0.25, 0.3) is 0 Å². The number of ether oxygens (including phenoxy) is 1. The summed E-state index contributed by atoms with van der Waals surface area (Å²) >= 11 is 1.69. The molecular formula is C29H37N3O3S. The second kappa shape index (κ2) is 14.4. The van der Waals surface area contributed by atoms with E-state index in [4.69, 9.17) is 4.74 Å². The van der Waals surface area contributed by atoms with E-state index < -0.39 is 0 Å². The molecule has 6 nitrogen and oxygen atoms in total. The SMILES string of the molecule is CCOCCCN(CC(=O)N(Cc1ccccc1)Cc1ccc(C)s1)C(=O)Nc1ccc(CC)cc1. The van der Waals surface area contributed by atoms with Gasteiger partial charge in [0, 0.05) is 41.7 Å². The summed E-state index contributed by atoms with van der Waals surface area (Å²) < 4.78 is 5.47. The Labute approximate surface area is 218 Å². The Morgan fingerprint density at radius 1 is 0.889 bits per heavy atom. The third-order valence-electron chi connectivity index (χ3n) is 5.86. The standard InChI is InChI=1S/C29H37N3O3S/c1-4-24-13-15-26(16-14-24)30-29(34)31(18-9-19-35-5-2)22-28(33)32(20-25-10-7-6-8-11-25)21-27-17-12-23(3)36-27/h6-8,10-17H,4-5,9,18-22H2,1-3H3,(H,30,34). The van der Waals surface area contributed by atoms with Crippen molar-refractivity contribution in [3.8, 4) is 0 Å². The normalized spacial score (nSPS) is 10.8. The third-order valence-corrected chi connectivity index (χ3v) is 6.84. The lowest BCUT2D eigenvalue weighted by Gasteiger charge is -2.28. The van der Waals surface area contributed by atoms with Crippen LogP contribution in [0.3, 0.4) is 0 Å². The Morgan fingerprint density at radius 3 is 2.28 bits per heavy atom. The Balaban J connectivity index is 1.74. The van der Waals surface area contributed by atoms with Crippen LogP contribution in [-0.2, 0) is 29.0 Å². The zero-order chi connectivity index (χ0) is 25.8. The Kier molecular flexibility index (Phi) is 11.0. The number of nitrogens with one attached hydrogen (secondary N) is 1. The van der Waals surface area contributed by atoms with Gasteiger partial charge in [0.2, 0.25) is 5.91 Å². The van der Waals surface area contributed by atoms with Crippen LogP contribution in [0.2, 0.25) is 0 Å². The van der Waals surface area contributed by atoms with Gasteiger partial charge in [0.1, 0.15) is 6.54 Å². The molecule has 1 N–H and O–H groups in total. The topological polar surface area (TPSA) is 61.9 Å². The highest BCUT2D eigenvalue weighted by molar-refractivity contribution is 7.11. The van der Waals surface area contributed by atoms with Crippen LogP contribution in [0.4, 0.5) is 10.5 Å². The van der Waals surface area contributed by atoms with Crippen LogP contribution in [0.25, 0.3) is 0 Å². The largest absolute Gasteiger partial charge is 0.382 e. The fourth-order valence-electron chi connectivity index (χ4n) is 3.84. The van der Waals surface area contributed by atoms with E-state index in [0.29, 0.717) is 39.3 Å². The average Bonchev–Trinajstić information content (AvgIpc) is 3.30. The van der Waals surface area contributed by atoms with E-state index in [1.807, 2.05) is 66.4 Å². The van der Waals surface area contributed by atoms with Crippen LogP contribution in [0, 0.1) is 6.92 Å². The minimum Gasteiger partial charge on any atom is -0.382 e. The number of urea groups is 1. The van der Waals surface area contributed by atoms with Gasteiger partial charge in [-0.05, 0) is 62.1 Å². The van der Waals surface area contributed by atoms with Crippen molar-refractivity contribution in [2.75, 3.05) is 31.6 Å². The second-order valence-corrected chi connectivity index (χ2v) is 10.1. The number of hydrogen-bond acceptors (Lipinski definition) is 4. The Hall–Kier alpha value is -3.16. The fourth-order valence-corrected chi connectivity index (χ4v) is 4.74. The van der Waals surface area contributed by atoms with Gasteiger partial charge in [0.15, 0.2) is 0 Å². The van der Waals surface area contributed by atoms with Crippen LogP contribution in [-0.4, -0.2) is 48.0 Å². The van der Waals surface area contributed by atoms with E-state index in [9.17, 15) is 9.59 Å². The van der Waals surface area contributed by atoms with E-state index in [0.717, 1.165) is 22.5 Å². The van der Waals surface area contributed by atoms with Crippen molar-refractivity contribution in [2.24, 2.45) is 0 Å². The lowest BCUT2D eigenvalue weighted by Crippen LogP contribution is -2.44. The highest BCUT2D eigenvalue weighted by Gasteiger charge is 2.22. The molecule has 0 aliphatic carbocycles. The van der Waals surface area contributed by atoms with E-state index in [2.05, 4.69) is 31.3 Å². The summed E-state index contributed by atoms with van der Waals surface area (Å²) in [5.74, 6) is -0.0854. The molecule has 3 aromatic rings. The number of benzene rings is 2. The number of hydrogen-bond donors (Lipinski definition) is 1. The number of aryl methyl sites for hydroxylation is 2. The number of carbonyl (C=O) groups is 2. The third kappa shape index (κ3) is 8.81. The molecular weight excluding hydrogens is 470 g/mol. The lowest BCUT2D eigenvalue weighted by atomic mass is 10.1. The molecule has 0 saturated heterocycles. The molecule has 192 valence electrons. The molecule has 0 atom stereocenters. The van der Waals surface area contributed by atoms with Crippen LogP contribution in [0.15, 0.2) is 66.7 Å². The van der Waals surface area contributed by atoms with Crippen molar-refractivity contribution in [3.05, 3.63) is 87.6 Å². The first-order valence-electron chi connectivity index (χ1n) is 12.6. The van der Waals surface area contributed by atoms with Crippen molar-refractivity contribution in [2.45, 2.75) is 46.7 Å². The van der Waals surface area contributed by atoms with Gasteiger partial charge < -0.3 is 19.9 Å². The summed E-state index contributed by atoms with van der Waals surface area (Å²) in [5.41, 5.74) is 2.98. The highest BCUT2D eigenvalue weighted by atomic mass is 32.1. The maximum absolute atomic E-state index is 13.6. The molecule has 36 heavy (non-hydrogen) atoms. The van der Waals surface area contributed by atoms with Gasteiger partial charge in [-0.25, -0.2) is 4.79 Å². The molecule has 7 heteroatoms. The maximum atomic E-state index is 13.6. The van der Waals surface area contributed by atoms with Gasteiger partial charge in [-0.1, -0.05) is 49.4 Å². The van der Waals surface area contributed by atoms with Gasteiger partial charge in [-0.2, -0.15) is 0 Å². The van der Waals surface area contributed by atoms with Gasteiger partial charge in [-0.15, -0.1) is 11.3 Å². The Bertz CT molecular complexity index is 1080. The molecule has 1 heterocycles. The number of nitrogens with zero attached hydrogens (tertiary/aromatic N) is 2. The first-order chi connectivity index (χ1) is 17.5. The Morgan fingerprint density at radius 2 is 1.64 bits per heavy atom. The lowest BCUT2D eigenvalue weighted by molar-refractivity contribution is -0.133. The summed E-state index contributed by atoms with van der Waals surface area (Å²) in [6.07, 6.45) is 1.60. The number of anilines is 1. The summed E-state index contributed by atoms with van der Waals surface area (Å²) in [4.78, 5) is 32.5. The molecule has 0 saturated carbocycles. The van der Waals surface area contributed by atoms with Gasteiger partial charge in [-0.3, -0.25) is 4.79 Å². The first-order valence-corrected chi connectivity index (χ1v) is 13.4. The zero-order valence-corrected chi connectivity index (χ0v) is 22.4. The van der Waals surface area contributed by atoms with E-state index in [1.54, 1.807) is 16.2 Å². The number of carbonyl (C=O) groups excluding carboxylic acids is 2. The maximum Gasteiger partial charge on any atom is 0.322 e. The number of rotatable bonds is 13. The second-order valence-electron chi connectivity index (χ2n) is 8.70. The van der Waals surface area contributed by atoms with Crippen LogP contribution >= 0.6 is 11.3 Å². The van der Waals surface area contributed by atoms with Crippen LogP contribution in [0.5, 0.6) is 0 Å². The van der Waals surface area contributed by atoms with Crippen LogP contribution < -0.4 is 5.32 Å². The monoisotopic (exact) mass is 507 g/mol. The van der Waals surface area contributed by atoms with Crippen molar-refractivity contribution in [1.29, 1.82) is 0 Å². The van der Waals surface area contributed by atoms with E-state index >= 15 is 0 Å². The van der Waals surface area contributed by atoms with Gasteiger partial charge >= 0.3 is 6.03 Å². The molecule has 0 bridgehead atoms. The minimum absolute atomic E-state index is 0.00218. The summed E-state index contributed by atoms with van der Waals surface area (Å²) in [7, 11) is 0. The summed E-state index contributed by atoms with van der Waals surface area (Å²) in [6.45, 7) is 8.71. The molecule has 0 aliphatic heterocycles. The molecule has 0 spiro atoms. The number of amides is 3. The van der Waals surface area contributed by atoms with Crippen molar-refractivity contribution >= 4 is 29.0 Å². The molecule has 2 aromatic carbocycles. The molecule has 0 fully saturated rings. The smallest absolute Gasteiger partial charge is 0.322 e. The predicted octanol–water partition coefficient (Wildman–Crippen LogP) is 6.11. The average molecular weight is 508 g/mol. The fraction of sp³-hybridized carbons (Fsp3) is 0.379. The molecule has 0 unspecified atom stereocenters. The number of thiophene rings is 1. The molecule has 0 aliphatic rings. The summed E-state index contributed by atoms with van der Waals surface area (Å²) in [5, 5.41) is 2.96. The molecule has 3 rings (SSSR count). The van der Waals surface area contributed by atoms with E-state index in [-0.39, 0.29) is 18.5 Å². The quantitative estimate of drug-likeness (QED) is 0.284. The molecule has 3 amide bonds. The minimum atomic E-state index is -0.282. The van der Waals surface area contributed by atoms with Crippen molar-refractivity contribution in [1.82, 2.24) is 9.80 Å². The summed E-state index contributed by atoms with van der Waals surface area (Å²) in [6, 6.07) is 21.6. The van der Waals surface area contributed by atoms with Crippen molar-refractivity contribution in [3.63, 3.8) is 0 Å². The molecule has 1 aromatic heterocycles. The first kappa shape index (κ1) is 27.4. The van der Waals surface area contributed by atoms with Gasteiger partial charge in [0.05, 0.1) is 6.54 Å². The molecule has 0 radical (unpaired) electrons. The van der Waals surface area contributed by atoms with E-state index in [1.165, 1.54) is 10.4 Å². The highest BCUT2D eigenvalue weighted by Crippen LogP contribution is 2.19.